The second kappa shape index (κ2) is 5.07. The zero-order valence-corrected chi connectivity index (χ0v) is 9.46. The van der Waals surface area contributed by atoms with Crippen molar-refractivity contribution in [1.29, 1.82) is 0 Å². The van der Waals surface area contributed by atoms with E-state index in [9.17, 15) is 14.3 Å². The van der Waals surface area contributed by atoms with Crippen molar-refractivity contribution in [2.24, 2.45) is 0 Å². The number of carbonyl (C=O) groups is 1. The van der Waals surface area contributed by atoms with Gasteiger partial charge in [0, 0.05) is 12.1 Å². The van der Waals surface area contributed by atoms with Crippen molar-refractivity contribution in [3.63, 3.8) is 0 Å². The fourth-order valence-corrected chi connectivity index (χ4v) is 1.13. The highest BCUT2D eigenvalue weighted by atomic mass is 19.1. The molecule has 88 valence electrons. The lowest BCUT2D eigenvalue weighted by Crippen LogP contribution is -2.40. The number of rotatable bonds is 4. The van der Waals surface area contributed by atoms with Crippen molar-refractivity contribution in [2.75, 3.05) is 6.54 Å². The molecule has 0 bridgehead atoms. The highest BCUT2D eigenvalue weighted by molar-refractivity contribution is 5.94. The Kier molecular flexibility index (Phi) is 4.01. The lowest BCUT2D eigenvalue weighted by atomic mass is 10.0. The van der Waals surface area contributed by atoms with Crippen molar-refractivity contribution in [3.8, 4) is 0 Å². The zero-order chi connectivity index (χ0) is 12.2. The first-order valence-electron chi connectivity index (χ1n) is 5.21. The maximum atomic E-state index is 12.8. The predicted molar refractivity (Wildman–Crippen MR) is 59.6 cm³/mol. The van der Waals surface area contributed by atoms with E-state index < -0.39 is 11.4 Å². The maximum absolute atomic E-state index is 12.8. The van der Waals surface area contributed by atoms with Gasteiger partial charge in [0.05, 0.1) is 5.60 Å². The van der Waals surface area contributed by atoms with Crippen LogP contribution in [-0.4, -0.2) is 23.2 Å². The highest BCUT2D eigenvalue weighted by Gasteiger charge is 2.18. The smallest absolute Gasteiger partial charge is 0.251 e. The average Bonchev–Trinajstić information content (AvgIpc) is 2.26. The fourth-order valence-electron chi connectivity index (χ4n) is 1.13. The van der Waals surface area contributed by atoms with E-state index >= 15 is 0 Å². The molecule has 0 saturated carbocycles. The third-order valence-electron chi connectivity index (χ3n) is 2.48. The number of halogens is 1. The Balaban J connectivity index is 2.60. The van der Waals surface area contributed by atoms with Gasteiger partial charge in [-0.15, -0.1) is 0 Å². The molecule has 1 amide bonds. The molecule has 1 unspecified atom stereocenters. The molecule has 0 saturated heterocycles. The van der Waals surface area contributed by atoms with Crippen molar-refractivity contribution >= 4 is 5.91 Å². The van der Waals surface area contributed by atoms with Crippen LogP contribution in [0.15, 0.2) is 24.3 Å². The average molecular weight is 225 g/mol. The molecule has 0 aromatic heterocycles. The first kappa shape index (κ1) is 12.6. The topological polar surface area (TPSA) is 49.3 Å². The Morgan fingerprint density at radius 1 is 1.56 bits per heavy atom. The Morgan fingerprint density at radius 2 is 2.25 bits per heavy atom. The van der Waals surface area contributed by atoms with Crippen molar-refractivity contribution in [1.82, 2.24) is 5.32 Å². The van der Waals surface area contributed by atoms with Crippen LogP contribution in [0.1, 0.15) is 30.6 Å². The van der Waals surface area contributed by atoms with Crippen molar-refractivity contribution in [3.05, 3.63) is 35.6 Å². The summed E-state index contributed by atoms with van der Waals surface area (Å²) in [5.41, 5.74) is -0.671. The Bertz CT molecular complexity index is 377. The third-order valence-corrected chi connectivity index (χ3v) is 2.48. The summed E-state index contributed by atoms with van der Waals surface area (Å²) in [7, 11) is 0. The monoisotopic (exact) mass is 225 g/mol. The van der Waals surface area contributed by atoms with E-state index in [1.165, 1.54) is 18.2 Å². The van der Waals surface area contributed by atoms with E-state index in [-0.39, 0.29) is 18.0 Å². The molecule has 0 heterocycles. The minimum absolute atomic E-state index is 0.152. The van der Waals surface area contributed by atoms with Crippen LogP contribution in [0.4, 0.5) is 4.39 Å². The molecule has 2 N–H and O–H groups in total. The summed E-state index contributed by atoms with van der Waals surface area (Å²) in [4.78, 5) is 11.6. The van der Waals surface area contributed by atoms with Crippen LogP contribution in [0.5, 0.6) is 0 Å². The number of nitrogens with one attached hydrogen (secondary N) is 1. The molecule has 3 nitrogen and oxygen atoms in total. The largest absolute Gasteiger partial charge is 0.388 e. The molecule has 0 aliphatic heterocycles. The molecular formula is C12H16FNO2. The summed E-state index contributed by atoms with van der Waals surface area (Å²) in [6.07, 6.45) is 0.538. The van der Waals surface area contributed by atoms with E-state index in [1.807, 2.05) is 6.92 Å². The second-order valence-corrected chi connectivity index (χ2v) is 4.04. The van der Waals surface area contributed by atoms with Crippen LogP contribution in [0.25, 0.3) is 0 Å². The van der Waals surface area contributed by atoms with E-state index in [1.54, 1.807) is 6.92 Å². The Morgan fingerprint density at radius 3 is 2.81 bits per heavy atom. The van der Waals surface area contributed by atoms with Crippen molar-refractivity contribution in [2.45, 2.75) is 25.9 Å². The molecule has 0 spiro atoms. The minimum atomic E-state index is -0.928. The molecule has 16 heavy (non-hydrogen) atoms. The van der Waals surface area contributed by atoms with Crippen LogP contribution in [-0.2, 0) is 0 Å². The summed E-state index contributed by atoms with van der Waals surface area (Å²) < 4.78 is 12.8. The number of aliphatic hydroxyl groups is 1. The highest BCUT2D eigenvalue weighted by Crippen LogP contribution is 2.07. The van der Waals surface area contributed by atoms with E-state index in [0.717, 1.165) is 6.07 Å². The van der Waals surface area contributed by atoms with Crippen LogP contribution < -0.4 is 5.32 Å². The number of amides is 1. The summed E-state index contributed by atoms with van der Waals surface area (Å²) in [6.45, 7) is 3.62. The summed E-state index contributed by atoms with van der Waals surface area (Å²) in [6, 6.07) is 5.44. The number of benzene rings is 1. The lowest BCUT2D eigenvalue weighted by molar-refractivity contribution is 0.0518. The molecule has 0 aliphatic carbocycles. The van der Waals surface area contributed by atoms with Crippen LogP contribution in [0, 0.1) is 5.82 Å². The van der Waals surface area contributed by atoms with Gasteiger partial charge in [0.15, 0.2) is 0 Å². The molecule has 0 fully saturated rings. The third kappa shape index (κ3) is 3.62. The van der Waals surface area contributed by atoms with E-state index in [2.05, 4.69) is 5.32 Å². The normalized spacial score (nSPS) is 14.2. The molecule has 1 aromatic rings. The molecule has 4 heteroatoms. The Hall–Kier alpha value is -1.42. The number of carbonyl (C=O) groups excluding carboxylic acids is 1. The fraction of sp³-hybridized carbons (Fsp3) is 0.417. The van der Waals surface area contributed by atoms with Gasteiger partial charge in [0.25, 0.3) is 5.91 Å². The van der Waals surface area contributed by atoms with Crippen LogP contribution in [0.2, 0.25) is 0 Å². The van der Waals surface area contributed by atoms with Gasteiger partial charge >= 0.3 is 0 Å². The van der Waals surface area contributed by atoms with Gasteiger partial charge in [0.2, 0.25) is 0 Å². The number of hydrogen-bond acceptors (Lipinski definition) is 2. The van der Waals surface area contributed by atoms with Crippen molar-refractivity contribution < 1.29 is 14.3 Å². The minimum Gasteiger partial charge on any atom is -0.388 e. The predicted octanol–water partition coefficient (Wildman–Crippen LogP) is 1.72. The molecular weight excluding hydrogens is 209 g/mol. The quantitative estimate of drug-likeness (QED) is 0.819. The lowest BCUT2D eigenvalue weighted by Gasteiger charge is -2.21. The van der Waals surface area contributed by atoms with Gasteiger partial charge in [-0.1, -0.05) is 13.0 Å². The van der Waals surface area contributed by atoms with E-state index in [0.29, 0.717) is 6.42 Å². The van der Waals surface area contributed by atoms with Gasteiger partial charge in [-0.25, -0.2) is 4.39 Å². The van der Waals surface area contributed by atoms with Gasteiger partial charge in [-0.2, -0.15) is 0 Å². The molecule has 0 radical (unpaired) electrons. The van der Waals surface area contributed by atoms with Gasteiger partial charge in [-0.3, -0.25) is 4.79 Å². The maximum Gasteiger partial charge on any atom is 0.251 e. The SMILES string of the molecule is CCC(C)(O)CNC(=O)c1cccc(F)c1. The van der Waals surface area contributed by atoms with E-state index in [4.69, 9.17) is 0 Å². The first-order chi connectivity index (χ1) is 7.44. The van der Waals surface area contributed by atoms with Crippen LogP contribution >= 0.6 is 0 Å². The first-order valence-corrected chi connectivity index (χ1v) is 5.21. The molecule has 1 rings (SSSR count). The second-order valence-electron chi connectivity index (χ2n) is 4.04. The zero-order valence-electron chi connectivity index (χ0n) is 9.46. The summed E-state index contributed by atoms with van der Waals surface area (Å²) in [5.74, 6) is -0.830. The Labute approximate surface area is 94.3 Å². The van der Waals surface area contributed by atoms with Crippen LogP contribution in [0.3, 0.4) is 0 Å². The molecule has 1 atom stereocenters. The summed E-state index contributed by atoms with van der Waals surface area (Å²) >= 11 is 0. The van der Waals surface area contributed by atoms with Gasteiger partial charge < -0.3 is 10.4 Å². The molecule has 1 aromatic carbocycles. The summed E-state index contributed by atoms with van der Waals surface area (Å²) in [5, 5.41) is 12.2. The van der Waals surface area contributed by atoms with Gasteiger partial charge in [-0.05, 0) is 31.5 Å². The standard InChI is InChI=1S/C12H16FNO2/c1-3-12(2,16)8-14-11(15)9-5-4-6-10(13)7-9/h4-7,16H,3,8H2,1-2H3,(H,14,15). The number of hydrogen-bond donors (Lipinski definition) is 2. The molecule has 0 aliphatic rings. The van der Waals surface area contributed by atoms with Gasteiger partial charge in [0.1, 0.15) is 5.82 Å².